The molecule has 0 aliphatic rings. The topological polar surface area (TPSA) is 70.7 Å². The van der Waals surface area contributed by atoms with Gasteiger partial charge in [0.2, 0.25) is 0 Å². The first kappa shape index (κ1) is 25.9. The van der Waals surface area contributed by atoms with Crippen LogP contribution in [-0.2, 0) is 10.2 Å². The number of amides is 2. The summed E-state index contributed by atoms with van der Waals surface area (Å²) >= 11 is 3.51. The summed E-state index contributed by atoms with van der Waals surface area (Å²) in [6.07, 6.45) is 0. The predicted octanol–water partition coefficient (Wildman–Crippen LogP) is 4.84. The average molecular weight is 504 g/mol. The van der Waals surface area contributed by atoms with Gasteiger partial charge in [0, 0.05) is 24.3 Å². The molecule has 0 heterocycles. The first-order valence-corrected chi connectivity index (χ1v) is 11.8. The number of ether oxygens (including phenoxy) is 1. The van der Waals surface area contributed by atoms with Gasteiger partial charge in [-0.3, -0.25) is 9.59 Å². The van der Waals surface area contributed by atoms with E-state index < -0.39 is 0 Å². The normalized spacial score (nSPS) is 11.3. The quantitative estimate of drug-likeness (QED) is 0.486. The van der Waals surface area contributed by atoms with Gasteiger partial charge in [0.25, 0.3) is 11.8 Å². The molecule has 0 saturated carbocycles. The van der Waals surface area contributed by atoms with E-state index in [1.807, 2.05) is 18.2 Å². The van der Waals surface area contributed by atoms with E-state index >= 15 is 0 Å². The molecule has 2 amide bonds. The molecule has 32 heavy (non-hydrogen) atoms. The number of hydrogen-bond donors (Lipinski definition) is 2. The molecule has 0 saturated heterocycles. The molecule has 0 bridgehead atoms. The highest BCUT2D eigenvalue weighted by Crippen LogP contribution is 2.31. The fourth-order valence-corrected chi connectivity index (χ4v) is 3.59. The van der Waals surface area contributed by atoms with Gasteiger partial charge >= 0.3 is 0 Å². The highest BCUT2D eigenvalue weighted by Gasteiger charge is 2.16. The van der Waals surface area contributed by atoms with E-state index in [0.29, 0.717) is 23.5 Å². The van der Waals surface area contributed by atoms with Gasteiger partial charge in [-0.15, -0.1) is 0 Å². The monoisotopic (exact) mass is 503 g/mol. The molecule has 0 spiro atoms. The number of nitrogens with one attached hydrogen (secondary N) is 2. The number of hydrogen-bond acceptors (Lipinski definition) is 4. The van der Waals surface area contributed by atoms with Crippen LogP contribution in [-0.4, -0.2) is 49.5 Å². The van der Waals surface area contributed by atoms with Crippen molar-refractivity contribution < 1.29 is 14.3 Å². The third-order valence-corrected chi connectivity index (χ3v) is 5.82. The average Bonchev–Trinajstić information content (AvgIpc) is 2.75. The summed E-state index contributed by atoms with van der Waals surface area (Å²) in [7, 11) is 0. The number of halogens is 1. The molecule has 2 aromatic carbocycles. The minimum absolute atomic E-state index is 0.0346. The van der Waals surface area contributed by atoms with Crippen LogP contribution in [0.25, 0.3) is 0 Å². The van der Waals surface area contributed by atoms with E-state index in [9.17, 15) is 9.59 Å². The van der Waals surface area contributed by atoms with E-state index in [4.69, 9.17) is 4.74 Å². The molecule has 0 aliphatic heterocycles. The van der Waals surface area contributed by atoms with Crippen LogP contribution in [0.15, 0.2) is 46.9 Å². The Morgan fingerprint density at radius 2 is 1.69 bits per heavy atom. The van der Waals surface area contributed by atoms with Gasteiger partial charge in [0.1, 0.15) is 5.75 Å². The van der Waals surface area contributed by atoms with Gasteiger partial charge in [-0.25, -0.2) is 0 Å². The summed E-state index contributed by atoms with van der Waals surface area (Å²) in [6, 6.07) is 12.7. The van der Waals surface area contributed by atoms with Crippen LogP contribution in [0.2, 0.25) is 0 Å². The number of nitrogens with zero attached hydrogens (tertiary/aromatic N) is 1. The fraction of sp³-hybridized carbons (Fsp3) is 0.440. The Kier molecular flexibility index (Phi) is 9.72. The predicted molar refractivity (Wildman–Crippen MR) is 134 cm³/mol. The van der Waals surface area contributed by atoms with Crippen molar-refractivity contribution in [3.63, 3.8) is 0 Å². The fourth-order valence-electron chi connectivity index (χ4n) is 3.10. The van der Waals surface area contributed by atoms with E-state index in [0.717, 1.165) is 24.1 Å². The highest BCUT2D eigenvalue weighted by molar-refractivity contribution is 9.10. The van der Waals surface area contributed by atoms with Crippen molar-refractivity contribution >= 4 is 33.4 Å². The molecule has 0 atom stereocenters. The van der Waals surface area contributed by atoms with Gasteiger partial charge in [-0.2, -0.15) is 0 Å². The standard InChI is InChI=1S/C25H34BrN3O3/c1-6-29(7-2)15-14-27-24(31)18-8-11-20(12-9-18)28-23(30)17-32-22-13-10-19(16-21(22)26)25(3,4)5/h8-13,16H,6-7,14-15,17H2,1-5H3,(H,27,31)(H,28,30). The molecule has 6 nitrogen and oxygen atoms in total. The third kappa shape index (κ3) is 7.95. The van der Waals surface area contributed by atoms with Crippen LogP contribution in [0, 0.1) is 0 Å². The molecular weight excluding hydrogens is 470 g/mol. The zero-order valence-corrected chi connectivity index (χ0v) is 21.2. The van der Waals surface area contributed by atoms with Gasteiger partial charge in [-0.05, 0) is 76.4 Å². The Hall–Kier alpha value is -2.38. The van der Waals surface area contributed by atoms with Gasteiger partial charge in [-0.1, -0.05) is 40.7 Å². The second kappa shape index (κ2) is 12.0. The number of anilines is 1. The van der Waals surface area contributed by atoms with Crippen LogP contribution >= 0.6 is 15.9 Å². The second-order valence-corrected chi connectivity index (χ2v) is 9.45. The molecule has 2 rings (SSSR count). The molecule has 0 aliphatic carbocycles. The molecule has 7 heteroatoms. The molecule has 174 valence electrons. The van der Waals surface area contributed by atoms with Crippen molar-refractivity contribution in [1.82, 2.24) is 10.2 Å². The summed E-state index contributed by atoms with van der Waals surface area (Å²) in [5.41, 5.74) is 2.38. The van der Waals surface area contributed by atoms with E-state index in [-0.39, 0.29) is 23.8 Å². The Balaban J connectivity index is 1.83. The van der Waals surface area contributed by atoms with Crippen molar-refractivity contribution in [2.45, 2.75) is 40.0 Å². The molecule has 0 radical (unpaired) electrons. The van der Waals surface area contributed by atoms with E-state index in [1.54, 1.807) is 24.3 Å². The Bertz CT molecular complexity index is 904. The molecule has 0 unspecified atom stereocenters. The lowest BCUT2D eigenvalue weighted by atomic mass is 9.87. The molecule has 0 fully saturated rings. The minimum Gasteiger partial charge on any atom is -0.483 e. The number of carbonyl (C=O) groups excluding carboxylic acids is 2. The van der Waals surface area contributed by atoms with Crippen molar-refractivity contribution in [3.05, 3.63) is 58.1 Å². The Labute approximate surface area is 199 Å². The minimum atomic E-state index is -0.270. The lowest BCUT2D eigenvalue weighted by molar-refractivity contribution is -0.118. The third-order valence-electron chi connectivity index (χ3n) is 5.20. The number of carbonyl (C=O) groups is 2. The number of benzene rings is 2. The zero-order valence-electron chi connectivity index (χ0n) is 19.6. The van der Waals surface area contributed by atoms with Gasteiger partial charge in [0.05, 0.1) is 4.47 Å². The lowest BCUT2D eigenvalue weighted by Crippen LogP contribution is -2.34. The second-order valence-electron chi connectivity index (χ2n) is 8.59. The van der Waals surface area contributed by atoms with Crippen LogP contribution in [0.4, 0.5) is 5.69 Å². The molecular formula is C25H34BrN3O3. The van der Waals surface area contributed by atoms with Crippen LogP contribution in [0.1, 0.15) is 50.5 Å². The maximum absolute atomic E-state index is 12.3. The maximum Gasteiger partial charge on any atom is 0.262 e. The Morgan fingerprint density at radius 3 is 2.25 bits per heavy atom. The van der Waals surface area contributed by atoms with Crippen LogP contribution < -0.4 is 15.4 Å². The molecule has 2 aromatic rings. The molecule has 0 aromatic heterocycles. The van der Waals surface area contributed by atoms with E-state index in [2.05, 4.69) is 66.1 Å². The van der Waals surface area contributed by atoms with Crippen LogP contribution in [0.5, 0.6) is 5.75 Å². The van der Waals surface area contributed by atoms with E-state index in [1.165, 1.54) is 5.56 Å². The summed E-state index contributed by atoms with van der Waals surface area (Å²) in [5, 5.41) is 5.71. The van der Waals surface area contributed by atoms with Crippen molar-refractivity contribution in [2.24, 2.45) is 0 Å². The first-order valence-electron chi connectivity index (χ1n) is 11.0. The van der Waals surface area contributed by atoms with Crippen molar-refractivity contribution in [1.29, 1.82) is 0 Å². The van der Waals surface area contributed by atoms with Gasteiger partial charge in [0.15, 0.2) is 6.61 Å². The van der Waals surface area contributed by atoms with Crippen molar-refractivity contribution in [3.8, 4) is 5.75 Å². The smallest absolute Gasteiger partial charge is 0.262 e. The van der Waals surface area contributed by atoms with Gasteiger partial charge < -0.3 is 20.3 Å². The highest BCUT2D eigenvalue weighted by atomic mass is 79.9. The van der Waals surface area contributed by atoms with Crippen LogP contribution in [0.3, 0.4) is 0 Å². The zero-order chi connectivity index (χ0) is 23.7. The Morgan fingerprint density at radius 1 is 1.03 bits per heavy atom. The first-order chi connectivity index (χ1) is 15.1. The lowest BCUT2D eigenvalue weighted by Gasteiger charge is -2.20. The summed E-state index contributed by atoms with van der Waals surface area (Å²) in [4.78, 5) is 26.8. The summed E-state index contributed by atoms with van der Waals surface area (Å²) in [5.74, 6) is 0.222. The summed E-state index contributed by atoms with van der Waals surface area (Å²) in [6.45, 7) is 13.9. The van der Waals surface area contributed by atoms with Crippen molar-refractivity contribution in [2.75, 3.05) is 38.1 Å². The molecule has 2 N–H and O–H groups in total. The number of likely N-dealkylation sites (N-methyl/N-ethyl adjacent to an activating group) is 1. The SMILES string of the molecule is CCN(CC)CCNC(=O)c1ccc(NC(=O)COc2ccc(C(C)(C)C)cc2Br)cc1. The maximum atomic E-state index is 12.3. The summed E-state index contributed by atoms with van der Waals surface area (Å²) < 4.78 is 6.47. The number of rotatable bonds is 10. The largest absolute Gasteiger partial charge is 0.483 e.